The van der Waals surface area contributed by atoms with Crippen LogP contribution in [0.4, 0.5) is 5.69 Å². The fourth-order valence-electron chi connectivity index (χ4n) is 3.74. The zero-order valence-corrected chi connectivity index (χ0v) is 19.8. The van der Waals surface area contributed by atoms with Crippen LogP contribution in [-0.2, 0) is 14.8 Å². The van der Waals surface area contributed by atoms with Crippen molar-refractivity contribution >= 4 is 33.2 Å². The number of carbonyl (C=O) groups excluding carboxylic acids is 1. The van der Waals surface area contributed by atoms with Crippen molar-refractivity contribution in [3.8, 4) is 5.69 Å². The molecule has 1 aliphatic rings. The van der Waals surface area contributed by atoms with Crippen LogP contribution in [0.1, 0.15) is 12.0 Å². The van der Waals surface area contributed by atoms with Crippen molar-refractivity contribution in [2.75, 3.05) is 38.0 Å². The molecule has 2 heterocycles. The van der Waals surface area contributed by atoms with Crippen molar-refractivity contribution in [1.29, 1.82) is 0 Å². The van der Waals surface area contributed by atoms with Crippen molar-refractivity contribution in [3.63, 3.8) is 0 Å². The van der Waals surface area contributed by atoms with Crippen LogP contribution in [0.3, 0.4) is 0 Å². The number of benzene rings is 2. The highest BCUT2D eigenvalue weighted by Gasteiger charge is 2.27. The number of carbonyl (C=O) groups is 1. The highest BCUT2D eigenvalue weighted by molar-refractivity contribution is 7.89. The summed E-state index contributed by atoms with van der Waals surface area (Å²) in [5, 5.41) is 7.49. The summed E-state index contributed by atoms with van der Waals surface area (Å²) in [6, 6.07) is 12.0. The SMILES string of the molecule is Cc1ccc(S(=O)(=O)N2CCCN(CC(=O)Nc3cc(Cl)ccc3-n3cncn3)CC2)cc1. The lowest BCUT2D eigenvalue weighted by Crippen LogP contribution is -2.38. The third-order valence-electron chi connectivity index (χ3n) is 5.47. The third kappa shape index (κ3) is 5.59. The van der Waals surface area contributed by atoms with Gasteiger partial charge in [-0.15, -0.1) is 0 Å². The summed E-state index contributed by atoms with van der Waals surface area (Å²) in [5.74, 6) is -0.214. The Hall–Kier alpha value is -2.79. The normalized spacial score (nSPS) is 15.8. The first-order valence-electron chi connectivity index (χ1n) is 10.6. The van der Waals surface area contributed by atoms with Gasteiger partial charge < -0.3 is 5.32 Å². The highest BCUT2D eigenvalue weighted by atomic mass is 35.5. The van der Waals surface area contributed by atoms with Crippen molar-refractivity contribution < 1.29 is 13.2 Å². The molecule has 0 atom stereocenters. The van der Waals surface area contributed by atoms with Crippen LogP contribution in [0, 0.1) is 6.92 Å². The summed E-state index contributed by atoms with van der Waals surface area (Å²) in [6.07, 6.45) is 3.59. The average molecular weight is 489 g/mol. The zero-order chi connectivity index (χ0) is 23.4. The van der Waals surface area contributed by atoms with Crippen LogP contribution in [0.5, 0.6) is 0 Å². The molecule has 1 saturated heterocycles. The van der Waals surface area contributed by atoms with Crippen molar-refractivity contribution in [2.45, 2.75) is 18.2 Å². The highest BCUT2D eigenvalue weighted by Crippen LogP contribution is 2.24. The number of anilines is 1. The van der Waals surface area contributed by atoms with Gasteiger partial charge in [0.05, 0.1) is 22.8 Å². The quantitative estimate of drug-likeness (QED) is 0.572. The molecule has 2 aromatic carbocycles. The van der Waals surface area contributed by atoms with Crippen LogP contribution in [0.15, 0.2) is 60.0 Å². The number of amides is 1. The van der Waals surface area contributed by atoms with E-state index < -0.39 is 10.0 Å². The lowest BCUT2D eigenvalue weighted by molar-refractivity contribution is -0.117. The molecule has 1 aromatic heterocycles. The van der Waals surface area contributed by atoms with E-state index in [4.69, 9.17) is 11.6 Å². The van der Waals surface area contributed by atoms with Crippen LogP contribution in [0.25, 0.3) is 5.69 Å². The van der Waals surface area contributed by atoms with E-state index in [1.807, 2.05) is 11.8 Å². The van der Waals surface area contributed by atoms with Crippen LogP contribution in [-0.4, -0.2) is 71.0 Å². The summed E-state index contributed by atoms with van der Waals surface area (Å²) >= 11 is 6.12. The smallest absolute Gasteiger partial charge is 0.243 e. The lowest BCUT2D eigenvalue weighted by Gasteiger charge is -2.22. The maximum absolute atomic E-state index is 13.0. The molecule has 4 rings (SSSR count). The molecular formula is C22H25ClN6O3S. The molecule has 0 saturated carbocycles. The predicted molar refractivity (Wildman–Crippen MR) is 126 cm³/mol. The monoisotopic (exact) mass is 488 g/mol. The Bertz CT molecular complexity index is 1220. The Morgan fingerprint density at radius 2 is 1.88 bits per heavy atom. The van der Waals surface area contributed by atoms with Crippen molar-refractivity contribution in [1.82, 2.24) is 24.0 Å². The van der Waals surface area contributed by atoms with Gasteiger partial charge in [0.2, 0.25) is 15.9 Å². The van der Waals surface area contributed by atoms with Gasteiger partial charge in [0, 0.05) is 24.7 Å². The number of halogens is 1. The number of hydrogen-bond acceptors (Lipinski definition) is 6. The fraction of sp³-hybridized carbons (Fsp3) is 0.318. The first-order chi connectivity index (χ1) is 15.8. The number of nitrogens with one attached hydrogen (secondary N) is 1. The maximum atomic E-state index is 13.0. The van der Waals surface area contributed by atoms with Gasteiger partial charge in [-0.2, -0.15) is 9.40 Å². The first kappa shape index (κ1) is 23.4. The second kappa shape index (κ2) is 10.0. The molecule has 0 spiro atoms. The van der Waals surface area contributed by atoms with Gasteiger partial charge in [0.15, 0.2) is 0 Å². The largest absolute Gasteiger partial charge is 0.323 e. The summed E-state index contributed by atoms with van der Waals surface area (Å²) in [6.45, 7) is 3.89. The number of sulfonamides is 1. The Balaban J connectivity index is 1.40. The van der Waals surface area contributed by atoms with E-state index in [0.717, 1.165) is 5.56 Å². The average Bonchev–Trinajstić information content (AvgIpc) is 3.20. The topological polar surface area (TPSA) is 100 Å². The molecule has 0 radical (unpaired) electrons. The van der Waals surface area contributed by atoms with E-state index in [1.54, 1.807) is 47.1 Å². The lowest BCUT2D eigenvalue weighted by atomic mass is 10.2. The Morgan fingerprint density at radius 1 is 1.09 bits per heavy atom. The summed E-state index contributed by atoms with van der Waals surface area (Å²) in [5.41, 5.74) is 2.18. The second-order valence-corrected chi connectivity index (χ2v) is 10.3. The molecule has 174 valence electrons. The number of hydrogen-bond donors (Lipinski definition) is 1. The zero-order valence-electron chi connectivity index (χ0n) is 18.2. The molecule has 1 fully saturated rings. The molecule has 3 aromatic rings. The second-order valence-electron chi connectivity index (χ2n) is 7.90. The van der Waals surface area contributed by atoms with E-state index in [9.17, 15) is 13.2 Å². The Kier molecular flexibility index (Phi) is 7.08. The van der Waals surface area contributed by atoms with E-state index in [0.29, 0.717) is 53.9 Å². The molecular weight excluding hydrogens is 464 g/mol. The van der Waals surface area contributed by atoms with Gasteiger partial charge in [-0.1, -0.05) is 29.3 Å². The van der Waals surface area contributed by atoms with Crippen LogP contribution in [0.2, 0.25) is 5.02 Å². The summed E-state index contributed by atoms with van der Waals surface area (Å²) in [7, 11) is -3.56. The first-order valence-corrected chi connectivity index (χ1v) is 12.4. The van der Waals surface area contributed by atoms with E-state index in [2.05, 4.69) is 15.4 Å². The fourth-order valence-corrected chi connectivity index (χ4v) is 5.38. The van der Waals surface area contributed by atoms with Crippen LogP contribution < -0.4 is 5.32 Å². The predicted octanol–water partition coefficient (Wildman–Crippen LogP) is 2.56. The van der Waals surface area contributed by atoms with Gasteiger partial charge in [-0.05, 0) is 50.2 Å². The molecule has 9 nitrogen and oxygen atoms in total. The number of aromatic nitrogens is 3. The van der Waals surface area contributed by atoms with Crippen molar-refractivity contribution in [2.24, 2.45) is 0 Å². The number of rotatable bonds is 6. The van der Waals surface area contributed by atoms with Gasteiger partial charge in [0.25, 0.3) is 0 Å². The molecule has 0 aliphatic carbocycles. The minimum Gasteiger partial charge on any atom is -0.323 e. The van der Waals surface area contributed by atoms with Gasteiger partial charge in [-0.25, -0.2) is 18.1 Å². The molecule has 1 N–H and O–H groups in total. The summed E-state index contributed by atoms with van der Waals surface area (Å²) < 4.78 is 29.1. The minimum atomic E-state index is -3.56. The molecule has 33 heavy (non-hydrogen) atoms. The number of aryl methyl sites for hydroxylation is 1. The van der Waals surface area contributed by atoms with Crippen LogP contribution >= 0.6 is 11.6 Å². The molecule has 0 unspecified atom stereocenters. The third-order valence-corrected chi connectivity index (χ3v) is 7.62. The molecule has 11 heteroatoms. The van der Waals surface area contributed by atoms with E-state index in [-0.39, 0.29) is 12.5 Å². The van der Waals surface area contributed by atoms with Gasteiger partial charge in [0.1, 0.15) is 12.7 Å². The Morgan fingerprint density at radius 3 is 2.61 bits per heavy atom. The van der Waals surface area contributed by atoms with Gasteiger partial charge in [-0.3, -0.25) is 9.69 Å². The van der Waals surface area contributed by atoms with Crippen molar-refractivity contribution in [3.05, 3.63) is 65.7 Å². The minimum absolute atomic E-state index is 0.141. The molecule has 1 aliphatic heterocycles. The Labute approximate surface area is 198 Å². The van der Waals surface area contributed by atoms with Gasteiger partial charge >= 0.3 is 0 Å². The maximum Gasteiger partial charge on any atom is 0.243 e. The standard InChI is InChI=1S/C22H25ClN6O3S/c1-17-3-6-19(7-4-17)33(31,32)28-10-2-9-27(11-12-28)14-22(30)26-20-13-18(23)5-8-21(20)29-16-24-15-25-29/h3-8,13,15-16H,2,9-12,14H2,1H3,(H,26,30). The van der Waals surface area contributed by atoms with E-state index >= 15 is 0 Å². The summed E-state index contributed by atoms with van der Waals surface area (Å²) in [4.78, 5) is 19.0. The van der Waals surface area contributed by atoms with E-state index in [1.165, 1.54) is 17.0 Å². The molecule has 1 amide bonds. The number of nitrogens with zero attached hydrogens (tertiary/aromatic N) is 5. The molecule has 0 bridgehead atoms.